The van der Waals surface area contributed by atoms with Crippen molar-refractivity contribution < 1.29 is 23.1 Å². The SMILES string of the molecule is COc1ccc(C(C)(C)C)c([SiH](O[SiH](c2cc(OC)ccc2C(C)(C)C)c2cc(OC)ccc2C(C)(C)C)c2cc(OC)ccc2C(C)(C)C)c1. The fourth-order valence-electron chi connectivity index (χ4n) is 7.04. The quantitative estimate of drug-likeness (QED) is 0.161. The molecule has 51 heavy (non-hydrogen) atoms. The first kappa shape index (κ1) is 40.2. The molecule has 276 valence electrons. The van der Waals surface area contributed by atoms with Crippen LogP contribution in [0.25, 0.3) is 0 Å². The fourth-order valence-corrected chi connectivity index (χ4v) is 15.6. The summed E-state index contributed by atoms with van der Waals surface area (Å²) in [7, 11) is 1.80. The van der Waals surface area contributed by atoms with Crippen molar-refractivity contribution in [2.45, 2.75) is 105 Å². The molecule has 0 amide bonds. The molecule has 4 aromatic rings. The van der Waals surface area contributed by atoms with Crippen LogP contribution in [0.1, 0.15) is 105 Å². The average molecular weight is 727 g/mol. The number of methoxy groups -OCH3 is 4. The van der Waals surface area contributed by atoms with E-state index >= 15 is 0 Å². The van der Waals surface area contributed by atoms with Gasteiger partial charge in [-0.15, -0.1) is 0 Å². The predicted octanol–water partition coefficient (Wildman–Crippen LogP) is 7.30. The molecule has 4 rings (SSSR count). The van der Waals surface area contributed by atoms with Crippen LogP contribution >= 0.6 is 0 Å². The first-order valence-corrected chi connectivity index (χ1v) is 21.3. The van der Waals surface area contributed by atoms with Crippen LogP contribution in [-0.2, 0) is 25.8 Å². The molecule has 0 N–H and O–H groups in total. The average Bonchev–Trinajstić information content (AvgIpc) is 3.06. The summed E-state index contributed by atoms with van der Waals surface area (Å²) in [6, 6.07) is 26.2. The third kappa shape index (κ3) is 9.11. The predicted molar refractivity (Wildman–Crippen MR) is 221 cm³/mol. The van der Waals surface area contributed by atoms with Gasteiger partial charge in [-0.3, -0.25) is 0 Å². The van der Waals surface area contributed by atoms with Gasteiger partial charge in [0.1, 0.15) is 23.0 Å². The summed E-state index contributed by atoms with van der Waals surface area (Å²) in [6.45, 7) is 27.4. The number of hydrogen-bond acceptors (Lipinski definition) is 5. The zero-order chi connectivity index (χ0) is 38.1. The van der Waals surface area contributed by atoms with Gasteiger partial charge in [0.25, 0.3) is 0 Å². The summed E-state index contributed by atoms with van der Waals surface area (Å²) < 4.78 is 31.9. The molecular formula is C44H62O5Si2. The molecule has 5 nitrogen and oxygen atoms in total. The van der Waals surface area contributed by atoms with Crippen LogP contribution in [0.4, 0.5) is 0 Å². The molecule has 0 bridgehead atoms. The summed E-state index contributed by atoms with van der Waals surface area (Å²) in [5.74, 6) is 3.30. The molecule has 7 heteroatoms. The first-order valence-electron chi connectivity index (χ1n) is 18.0. The van der Waals surface area contributed by atoms with E-state index in [1.54, 1.807) is 28.4 Å². The molecule has 0 radical (unpaired) electrons. The Bertz CT molecular complexity index is 1560. The van der Waals surface area contributed by atoms with E-state index in [0.29, 0.717) is 0 Å². The molecule has 0 aliphatic rings. The van der Waals surface area contributed by atoms with Crippen LogP contribution in [0.15, 0.2) is 72.8 Å². The third-order valence-corrected chi connectivity index (χ3v) is 16.0. The number of ether oxygens (including phenoxy) is 4. The Balaban J connectivity index is 2.25. The Labute approximate surface area is 312 Å². The van der Waals surface area contributed by atoms with E-state index in [-0.39, 0.29) is 21.7 Å². The maximum absolute atomic E-state index is 8.19. The summed E-state index contributed by atoms with van der Waals surface area (Å²) in [5, 5.41) is 4.88. The van der Waals surface area contributed by atoms with Gasteiger partial charge in [-0.1, -0.05) is 107 Å². The van der Waals surface area contributed by atoms with Crippen LogP contribution in [-0.4, -0.2) is 46.5 Å². The van der Waals surface area contributed by atoms with Crippen LogP contribution < -0.4 is 39.7 Å². The van der Waals surface area contributed by atoms with Gasteiger partial charge in [-0.25, -0.2) is 0 Å². The molecular weight excluding hydrogens is 665 g/mol. The van der Waals surface area contributed by atoms with Crippen LogP contribution in [0, 0.1) is 0 Å². The van der Waals surface area contributed by atoms with Gasteiger partial charge < -0.3 is 23.1 Å². The Kier molecular flexibility index (Phi) is 12.0. The molecule has 0 aliphatic carbocycles. The lowest BCUT2D eigenvalue weighted by Crippen LogP contribution is -2.60. The van der Waals surface area contributed by atoms with Gasteiger partial charge in [-0.2, -0.15) is 0 Å². The minimum atomic E-state index is -2.59. The molecule has 0 saturated carbocycles. The minimum absolute atomic E-state index is 0.146. The van der Waals surface area contributed by atoms with Gasteiger partial charge in [0, 0.05) is 0 Å². The second kappa shape index (κ2) is 15.2. The lowest BCUT2D eigenvalue weighted by molar-refractivity contribution is 0.414. The Hall–Kier alpha value is -3.53. The van der Waals surface area contributed by atoms with Crippen molar-refractivity contribution in [2.75, 3.05) is 28.4 Å². The van der Waals surface area contributed by atoms with E-state index < -0.39 is 18.1 Å². The minimum Gasteiger partial charge on any atom is -0.497 e. The van der Waals surface area contributed by atoms with E-state index in [2.05, 4.69) is 156 Å². The number of benzene rings is 4. The zero-order valence-electron chi connectivity index (χ0n) is 34.1. The molecule has 0 aliphatic heterocycles. The van der Waals surface area contributed by atoms with E-state index in [0.717, 1.165) is 23.0 Å². The molecule has 0 heterocycles. The van der Waals surface area contributed by atoms with Crippen molar-refractivity contribution in [1.82, 2.24) is 0 Å². The molecule has 0 atom stereocenters. The molecule has 4 aromatic carbocycles. The van der Waals surface area contributed by atoms with Gasteiger partial charge in [-0.05, 0) is 113 Å². The van der Waals surface area contributed by atoms with Crippen molar-refractivity contribution >= 4 is 38.8 Å². The van der Waals surface area contributed by atoms with Gasteiger partial charge >= 0.3 is 0 Å². The van der Waals surface area contributed by atoms with Crippen molar-refractivity contribution in [2.24, 2.45) is 0 Å². The summed E-state index contributed by atoms with van der Waals surface area (Å²) in [5.41, 5.74) is 4.47. The van der Waals surface area contributed by atoms with Crippen LogP contribution in [0.2, 0.25) is 0 Å². The topological polar surface area (TPSA) is 46.2 Å². The summed E-state index contributed by atoms with van der Waals surface area (Å²) >= 11 is 0. The van der Waals surface area contributed by atoms with Crippen LogP contribution in [0.5, 0.6) is 23.0 Å². The lowest BCUT2D eigenvalue weighted by Gasteiger charge is -2.36. The summed E-state index contributed by atoms with van der Waals surface area (Å²) in [6.07, 6.45) is 0. The smallest absolute Gasteiger partial charge is 0.229 e. The highest BCUT2D eigenvalue weighted by Crippen LogP contribution is 2.30. The molecule has 0 saturated heterocycles. The van der Waals surface area contributed by atoms with Crippen molar-refractivity contribution in [3.05, 3.63) is 95.1 Å². The van der Waals surface area contributed by atoms with Crippen molar-refractivity contribution in [1.29, 1.82) is 0 Å². The van der Waals surface area contributed by atoms with E-state index in [1.807, 2.05) is 0 Å². The van der Waals surface area contributed by atoms with Gasteiger partial charge in [0.2, 0.25) is 18.1 Å². The second-order valence-electron chi connectivity index (χ2n) is 17.7. The fraction of sp³-hybridized carbons (Fsp3) is 0.455. The molecule has 0 aromatic heterocycles. The molecule has 0 unspecified atom stereocenters. The van der Waals surface area contributed by atoms with Crippen LogP contribution in [0.3, 0.4) is 0 Å². The highest BCUT2D eigenvalue weighted by molar-refractivity contribution is 6.92. The maximum atomic E-state index is 8.19. The normalized spacial score (nSPS) is 12.7. The number of rotatable bonds is 10. The van der Waals surface area contributed by atoms with Crippen molar-refractivity contribution in [3.63, 3.8) is 0 Å². The molecule has 0 fully saturated rings. The largest absolute Gasteiger partial charge is 0.497 e. The maximum Gasteiger partial charge on any atom is 0.229 e. The first-order chi connectivity index (χ1) is 23.6. The van der Waals surface area contributed by atoms with E-state index in [9.17, 15) is 0 Å². The Morgan fingerprint density at radius 1 is 0.333 bits per heavy atom. The third-order valence-electron chi connectivity index (χ3n) is 9.67. The lowest BCUT2D eigenvalue weighted by atomic mass is 9.86. The Morgan fingerprint density at radius 3 is 0.686 bits per heavy atom. The Morgan fingerprint density at radius 2 is 0.529 bits per heavy atom. The summed E-state index contributed by atoms with van der Waals surface area (Å²) in [4.78, 5) is 0. The van der Waals surface area contributed by atoms with E-state index in [4.69, 9.17) is 23.1 Å². The van der Waals surface area contributed by atoms with Crippen molar-refractivity contribution in [3.8, 4) is 23.0 Å². The van der Waals surface area contributed by atoms with E-state index in [1.165, 1.54) is 43.0 Å². The standard InChI is InChI=1S/C44H62O5Si2/c1-41(2,3)33-21-17-29(45-13)25-37(33)50(38-26-30(46-14)18-22-34(38)42(4,5)6)49-51(39-27-31(47-15)19-23-35(39)43(7,8)9)40-28-32(48-16)20-24-36(40)44(10,11)12/h17-28,50-51H,1-16H3. The highest BCUT2D eigenvalue weighted by atomic mass is 28.4. The van der Waals surface area contributed by atoms with Gasteiger partial charge in [0.15, 0.2) is 0 Å². The van der Waals surface area contributed by atoms with Gasteiger partial charge in [0.05, 0.1) is 28.4 Å². The number of hydrogen-bond donors (Lipinski definition) is 0. The molecule has 0 spiro atoms. The monoisotopic (exact) mass is 726 g/mol. The zero-order valence-corrected chi connectivity index (χ0v) is 36.4. The second-order valence-corrected chi connectivity index (χ2v) is 22.8. The highest BCUT2D eigenvalue weighted by Gasteiger charge is 2.38.